The fourth-order valence-electron chi connectivity index (χ4n) is 7.93. The summed E-state index contributed by atoms with van der Waals surface area (Å²) in [5.41, 5.74) is 11.7. The van der Waals surface area contributed by atoms with Crippen LogP contribution < -0.4 is 0 Å². The largest absolute Gasteiger partial charge is 0.309 e. The minimum atomic E-state index is -0.0902. The Morgan fingerprint density at radius 2 is 1.24 bits per heavy atom. The van der Waals surface area contributed by atoms with Gasteiger partial charge >= 0.3 is 0 Å². The second-order valence-corrected chi connectivity index (χ2v) is 14.0. The number of nitrogens with zero attached hydrogens (tertiary/aromatic N) is 1. The maximum atomic E-state index is 2.46. The Kier molecular flexibility index (Phi) is 5.00. The van der Waals surface area contributed by atoms with Gasteiger partial charge in [-0.05, 0) is 81.1 Å². The smallest absolute Gasteiger partial charge is 0.0541 e. The Labute approximate surface area is 265 Å². The number of aromatic nitrogens is 1. The normalized spacial score (nSPS) is 13.7. The van der Waals surface area contributed by atoms with Crippen LogP contribution in [0.3, 0.4) is 0 Å². The van der Waals surface area contributed by atoms with Gasteiger partial charge in [-0.25, -0.2) is 0 Å². The molecule has 45 heavy (non-hydrogen) atoms. The summed E-state index contributed by atoms with van der Waals surface area (Å²) in [6, 6.07) is 51.9. The molecule has 0 radical (unpaired) electrons. The molecule has 0 fully saturated rings. The first kappa shape index (κ1) is 25.2. The Hall–Kier alpha value is -5.18. The standard InChI is InChI=1S/C43H29NS/c1-43(2)36-21-20-33-32-12-6-8-14-40(32)45-42(33)41(36)34-19-18-30(25-37(34)43)44-38-13-7-5-11-31(38)35-24-29(17-22-39(35)44)28-16-15-26-9-3-4-10-27(26)23-28/h3-25H,1-2H3. The highest BCUT2D eigenvalue weighted by molar-refractivity contribution is 7.26. The number of benzene rings is 7. The Bertz CT molecular complexity index is 2680. The third-order valence-corrected chi connectivity index (χ3v) is 11.4. The molecule has 212 valence electrons. The van der Waals surface area contributed by atoms with Crippen molar-refractivity contribution in [2.45, 2.75) is 19.3 Å². The molecule has 0 aliphatic heterocycles. The Balaban J connectivity index is 1.18. The van der Waals surface area contributed by atoms with E-state index in [2.05, 4.69) is 158 Å². The van der Waals surface area contributed by atoms with Crippen molar-refractivity contribution in [1.82, 2.24) is 4.57 Å². The molecule has 2 aromatic heterocycles. The number of para-hydroxylation sites is 1. The van der Waals surface area contributed by atoms with Crippen LogP contribution in [0.25, 0.3) is 80.7 Å². The molecule has 2 heteroatoms. The molecule has 0 amide bonds. The van der Waals surface area contributed by atoms with Gasteiger partial charge in [0.05, 0.1) is 11.0 Å². The van der Waals surface area contributed by atoms with E-state index in [-0.39, 0.29) is 5.41 Å². The molecule has 0 unspecified atom stereocenters. The van der Waals surface area contributed by atoms with E-state index < -0.39 is 0 Å². The molecule has 0 saturated carbocycles. The van der Waals surface area contributed by atoms with Gasteiger partial charge in [0.15, 0.2) is 0 Å². The molecule has 10 rings (SSSR count). The maximum absolute atomic E-state index is 2.46. The molecule has 1 aliphatic carbocycles. The summed E-state index contributed by atoms with van der Waals surface area (Å²) in [5.74, 6) is 0. The van der Waals surface area contributed by atoms with Crippen molar-refractivity contribution in [1.29, 1.82) is 0 Å². The summed E-state index contributed by atoms with van der Waals surface area (Å²) >= 11 is 1.93. The van der Waals surface area contributed by atoms with Gasteiger partial charge in [-0.2, -0.15) is 0 Å². The van der Waals surface area contributed by atoms with Crippen LogP contribution in [0.2, 0.25) is 0 Å². The number of hydrogen-bond donors (Lipinski definition) is 0. The zero-order chi connectivity index (χ0) is 29.9. The number of thiophene rings is 1. The van der Waals surface area contributed by atoms with E-state index in [0.29, 0.717) is 0 Å². The minimum Gasteiger partial charge on any atom is -0.309 e. The van der Waals surface area contributed by atoms with Gasteiger partial charge < -0.3 is 4.57 Å². The lowest BCUT2D eigenvalue weighted by molar-refractivity contribution is 0.660. The molecule has 0 spiro atoms. The van der Waals surface area contributed by atoms with Gasteiger partial charge in [0.1, 0.15) is 0 Å². The average molecular weight is 592 g/mol. The third-order valence-electron chi connectivity index (χ3n) is 10.2. The maximum Gasteiger partial charge on any atom is 0.0541 e. The molecule has 9 aromatic rings. The van der Waals surface area contributed by atoms with E-state index in [1.807, 2.05) is 11.3 Å². The van der Waals surface area contributed by atoms with E-state index in [4.69, 9.17) is 0 Å². The molecule has 0 bridgehead atoms. The second-order valence-electron chi connectivity index (χ2n) is 13.0. The van der Waals surface area contributed by atoms with E-state index in [9.17, 15) is 0 Å². The second kappa shape index (κ2) is 8.94. The van der Waals surface area contributed by atoms with Crippen LogP contribution in [0.15, 0.2) is 140 Å². The molecular weight excluding hydrogens is 563 g/mol. The average Bonchev–Trinajstić information content (AvgIpc) is 3.70. The topological polar surface area (TPSA) is 4.93 Å². The summed E-state index contributed by atoms with van der Waals surface area (Å²) in [4.78, 5) is 0. The molecule has 1 nitrogen and oxygen atoms in total. The molecule has 0 saturated heterocycles. The first-order valence-electron chi connectivity index (χ1n) is 15.7. The Morgan fingerprint density at radius 1 is 0.511 bits per heavy atom. The third kappa shape index (κ3) is 3.43. The molecule has 7 aromatic carbocycles. The number of hydrogen-bond acceptors (Lipinski definition) is 1. The predicted molar refractivity (Wildman–Crippen MR) is 194 cm³/mol. The lowest BCUT2D eigenvalue weighted by atomic mass is 9.82. The minimum absolute atomic E-state index is 0.0902. The highest BCUT2D eigenvalue weighted by atomic mass is 32.1. The monoisotopic (exact) mass is 591 g/mol. The van der Waals surface area contributed by atoms with Gasteiger partial charge in [0.25, 0.3) is 0 Å². The summed E-state index contributed by atoms with van der Waals surface area (Å²) in [6.07, 6.45) is 0. The predicted octanol–water partition coefficient (Wildman–Crippen LogP) is 12.3. The Morgan fingerprint density at radius 3 is 2.16 bits per heavy atom. The highest BCUT2D eigenvalue weighted by Crippen LogP contribution is 2.54. The van der Waals surface area contributed by atoms with Crippen molar-refractivity contribution < 1.29 is 0 Å². The molecule has 2 heterocycles. The van der Waals surface area contributed by atoms with Crippen LogP contribution in [0.1, 0.15) is 25.0 Å². The van der Waals surface area contributed by atoms with Gasteiger partial charge in [-0.3, -0.25) is 0 Å². The van der Waals surface area contributed by atoms with Crippen molar-refractivity contribution >= 4 is 64.1 Å². The van der Waals surface area contributed by atoms with Crippen molar-refractivity contribution in [3.05, 3.63) is 151 Å². The summed E-state index contributed by atoms with van der Waals surface area (Å²) < 4.78 is 5.23. The zero-order valence-corrected chi connectivity index (χ0v) is 26.0. The fraction of sp³-hybridized carbons (Fsp3) is 0.0698. The number of rotatable bonds is 2. The van der Waals surface area contributed by atoms with Crippen LogP contribution in [0, 0.1) is 0 Å². The van der Waals surface area contributed by atoms with Crippen LogP contribution in [0.5, 0.6) is 0 Å². The first-order valence-corrected chi connectivity index (χ1v) is 16.5. The van der Waals surface area contributed by atoms with E-state index >= 15 is 0 Å². The van der Waals surface area contributed by atoms with Crippen LogP contribution in [-0.4, -0.2) is 4.57 Å². The van der Waals surface area contributed by atoms with Gasteiger partial charge in [-0.1, -0.05) is 111 Å². The number of fused-ring (bicyclic) bond motifs is 11. The molecular formula is C43H29NS. The SMILES string of the molecule is CC1(C)c2cc(-n3c4ccccc4c4cc(-c5ccc6ccccc6c5)ccc43)ccc2-c2c1ccc1c2sc2ccccc21. The van der Waals surface area contributed by atoms with Crippen LogP contribution >= 0.6 is 11.3 Å². The summed E-state index contributed by atoms with van der Waals surface area (Å²) in [5, 5.41) is 7.83. The van der Waals surface area contributed by atoms with E-state index in [0.717, 1.165) is 0 Å². The fourth-order valence-corrected chi connectivity index (χ4v) is 9.19. The first-order chi connectivity index (χ1) is 22.1. The highest BCUT2D eigenvalue weighted by Gasteiger charge is 2.37. The van der Waals surface area contributed by atoms with Gasteiger partial charge in [0.2, 0.25) is 0 Å². The summed E-state index contributed by atoms with van der Waals surface area (Å²) in [6.45, 7) is 4.78. The van der Waals surface area contributed by atoms with Crippen LogP contribution in [0.4, 0.5) is 0 Å². The van der Waals surface area contributed by atoms with Crippen molar-refractivity contribution in [3.63, 3.8) is 0 Å². The van der Waals surface area contributed by atoms with E-state index in [1.165, 1.54) is 91.8 Å². The van der Waals surface area contributed by atoms with Gasteiger partial charge in [0, 0.05) is 47.6 Å². The van der Waals surface area contributed by atoms with Crippen molar-refractivity contribution in [2.24, 2.45) is 0 Å². The molecule has 0 atom stereocenters. The quantitative estimate of drug-likeness (QED) is 0.188. The summed E-state index contributed by atoms with van der Waals surface area (Å²) in [7, 11) is 0. The molecule has 0 N–H and O–H groups in total. The van der Waals surface area contributed by atoms with Crippen molar-refractivity contribution in [3.8, 4) is 27.9 Å². The van der Waals surface area contributed by atoms with Crippen molar-refractivity contribution in [2.75, 3.05) is 0 Å². The zero-order valence-electron chi connectivity index (χ0n) is 25.1. The van der Waals surface area contributed by atoms with Crippen LogP contribution in [-0.2, 0) is 5.41 Å². The lowest BCUT2D eigenvalue weighted by Crippen LogP contribution is -2.15. The lowest BCUT2D eigenvalue weighted by Gasteiger charge is -2.22. The van der Waals surface area contributed by atoms with Gasteiger partial charge in [-0.15, -0.1) is 11.3 Å². The van der Waals surface area contributed by atoms with E-state index in [1.54, 1.807) is 0 Å². The molecule has 1 aliphatic rings.